The number of hydrogen-bond donors (Lipinski definition) is 0. The van der Waals surface area contributed by atoms with E-state index in [1.807, 2.05) is 17.3 Å². The van der Waals surface area contributed by atoms with Crippen molar-refractivity contribution >= 4 is 27.8 Å². The summed E-state index contributed by atoms with van der Waals surface area (Å²) in [7, 11) is 0. The van der Waals surface area contributed by atoms with Gasteiger partial charge in [0.15, 0.2) is 0 Å². The minimum absolute atomic E-state index is 0.276. The molecular weight excluding hydrogens is 308 g/mol. The quantitative estimate of drug-likeness (QED) is 0.773. The van der Waals surface area contributed by atoms with Crippen LogP contribution in [-0.4, -0.2) is 51.9 Å². The van der Waals surface area contributed by atoms with Gasteiger partial charge in [-0.05, 0) is 13.3 Å². The van der Waals surface area contributed by atoms with E-state index in [0.717, 1.165) is 50.4 Å². The molecule has 1 fully saturated rings. The molecular formula is C13H21BrN4O. The first kappa shape index (κ1) is 14.4. The molecule has 0 saturated carbocycles. The number of aromatic nitrogens is 2. The molecule has 0 atom stereocenters. The van der Waals surface area contributed by atoms with E-state index in [-0.39, 0.29) is 5.91 Å². The van der Waals surface area contributed by atoms with Gasteiger partial charge in [0.05, 0.1) is 0 Å². The zero-order chi connectivity index (χ0) is 13.7. The molecule has 106 valence electrons. The highest BCUT2D eigenvalue weighted by molar-refractivity contribution is 9.09. The summed E-state index contributed by atoms with van der Waals surface area (Å²) in [6.45, 7) is 6.40. The number of carbonyl (C=O) groups excluding carboxylic acids is 1. The van der Waals surface area contributed by atoms with E-state index in [4.69, 9.17) is 0 Å². The second-order valence-electron chi connectivity index (χ2n) is 4.67. The normalized spacial score (nSPS) is 15.9. The monoisotopic (exact) mass is 328 g/mol. The predicted octanol–water partition coefficient (Wildman–Crippen LogP) is 1.73. The number of carbonyl (C=O) groups is 1. The van der Waals surface area contributed by atoms with E-state index in [0.29, 0.717) is 6.42 Å². The number of imidazole rings is 1. The summed E-state index contributed by atoms with van der Waals surface area (Å²) in [5, 5.41) is 0.895. The van der Waals surface area contributed by atoms with Gasteiger partial charge < -0.3 is 14.4 Å². The van der Waals surface area contributed by atoms with Gasteiger partial charge in [-0.3, -0.25) is 4.79 Å². The van der Waals surface area contributed by atoms with Gasteiger partial charge in [0.25, 0.3) is 0 Å². The molecule has 0 aromatic carbocycles. The van der Waals surface area contributed by atoms with Crippen molar-refractivity contribution in [2.24, 2.45) is 0 Å². The van der Waals surface area contributed by atoms with Gasteiger partial charge in [0, 0.05) is 56.9 Å². The largest absolute Gasteiger partial charge is 0.339 e. The van der Waals surface area contributed by atoms with E-state index in [1.54, 1.807) is 0 Å². The number of anilines is 1. The molecule has 0 aliphatic carbocycles. The van der Waals surface area contributed by atoms with Crippen LogP contribution in [0.25, 0.3) is 0 Å². The number of hydrogen-bond acceptors (Lipinski definition) is 3. The van der Waals surface area contributed by atoms with Crippen molar-refractivity contribution in [2.75, 3.05) is 36.4 Å². The zero-order valence-corrected chi connectivity index (χ0v) is 13.0. The van der Waals surface area contributed by atoms with Crippen LogP contribution in [0, 0.1) is 0 Å². The first-order valence-corrected chi connectivity index (χ1v) is 7.98. The Bertz CT molecular complexity index is 413. The topological polar surface area (TPSA) is 41.4 Å². The van der Waals surface area contributed by atoms with Crippen LogP contribution in [0.2, 0.25) is 0 Å². The van der Waals surface area contributed by atoms with E-state index >= 15 is 0 Å². The molecule has 1 aliphatic heterocycles. The molecule has 0 unspecified atom stereocenters. The standard InChI is InChI=1S/C13H21BrN4O/c1-2-16-7-6-15-13(16)18-10-8-17(9-11-18)12(19)4-3-5-14/h6-7H,2-5,8-11H2,1H3. The van der Waals surface area contributed by atoms with Crippen LogP contribution < -0.4 is 4.90 Å². The summed E-state index contributed by atoms with van der Waals surface area (Å²) >= 11 is 3.36. The molecule has 2 heterocycles. The highest BCUT2D eigenvalue weighted by Gasteiger charge is 2.22. The number of amides is 1. The minimum atomic E-state index is 0.276. The Kier molecular flexibility index (Phi) is 5.24. The van der Waals surface area contributed by atoms with Crippen LogP contribution >= 0.6 is 15.9 Å². The lowest BCUT2D eigenvalue weighted by Crippen LogP contribution is -2.49. The molecule has 0 spiro atoms. The molecule has 0 N–H and O–H groups in total. The minimum Gasteiger partial charge on any atom is -0.339 e. The fourth-order valence-corrected chi connectivity index (χ4v) is 2.64. The zero-order valence-electron chi connectivity index (χ0n) is 11.4. The summed E-state index contributed by atoms with van der Waals surface area (Å²) < 4.78 is 2.14. The van der Waals surface area contributed by atoms with Crippen molar-refractivity contribution in [1.29, 1.82) is 0 Å². The highest BCUT2D eigenvalue weighted by atomic mass is 79.9. The van der Waals surface area contributed by atoms with Gasteiger partial charge in [0.2, 0.25) is 11.9 Å². The molecule has 1 aromatic rings. The lowest BCUT2D eigenvalue weighted by molar-refractivity contribution is -0.131. The molecule has 6 heteroatoms. The molecule has 5 nitrogen and oxygen atoms in total. The Morgan fingerprint density at radius 2 is 2.11 bits per heavy atom. The Morgan fingerprint density at radius 1 is 1.37 bits per heavy atom. The summed E-state index contributed by atoms with van der Waals surface area (Å²) in [6, 6.07) is 0. The van der Waals surface area contributed by atoms with Crippen LogP contribution in [-0.2, 0) is 11.3 Å². The van der Waals surface area contributed by atoms with Gasteiger partial charge in [-0.2, -0.15) is 0 Å². The van der Waals surface area contributed by atoms with Crippen molar-refractivity contribution in [3.8, 4) is 0 Å². The average Bonchev–Trinajstić information content (AvgIpc) is 2.93. The first-order chi connectivity index (χ1) is 9.26. The third-order valence-electron chi connectivity index (χ3n) is 3.47. The van der Waals surface area contributed by atoms with E-state index in [1.165, 1.54) is 0 Å². The third-order valence-corrected chi connectivity index (χ3v) is 4.03. The van der Waals surface area contributed by atoms with Crippen molar-refractivity contribution in [2.45, 2.75) is 26.3 Å². The lowest BCUT2D eigenvalue weighted by Gasteiger charge is -2.35. The summed E-state index contributed by atoms with van der Waals surface area (Å²) in [5.41, 5.74) is 0. The number of alkyl halides is 1. The molecule has 1 amide bonds. The van der Waals surface area contributed by atoms with Crippen LogP contribution in [0.1, 0.15) is 19.8 Å². The Balaban J connectivity index is 1.87. The molecule has 0 bridgehead atoms. The molecule has 19 heavy (non-hydrogen) atoms. The maximum absolute atomic E-state index is 11.9. The number of halogens is 1. The van der Waals surface area contributed by atoms with Crippen LogP contribution in [0.4, 0.5) is 5.95 Å². The maximum Gasteiger partial charge on any atom is 0.222 e. The summed E-state index contributed by atoms with van der Waals surface area (Å²) in [6.07, 6.45) is 5.41. The second kappa shape index (κ2) is 6.93. The van der Waals surface area contributed by atoms with Gasteiger partial charge in [-0.25, -0.2) is 4.98 Å². The van der Waals surface area contributed by atoms with Crippen LogP contribution in [0.15, 0.2) is 12.4 Å². The Morgan fingerprint density at radius 3 is 2.74 bits per heavy atom. The lowest BCUT2D eigenvalue weighted by atomic mass is 10.2. The Labute approximate surface area is 122 Å². The number of rotatable bonds is 5. The van der Waals surface area contributed by atoms with Gasteiger partial charge >= 0.3 is 0 Å². The molecule has 1 aromatic heterocycles. The first-order valence-electron chi connectivity index (χ1n) is 6.86. The fourth-order valence-electron chi connectivity index (χ4n) is 2.36. The summed E-state index contributed by atoms with van der Waals surface area (Å²) in [4.78, 5) is 20.6. The number of piperazine rings is 1. The van der Waals surface area contributed by atoms with E-state index in [9.17, 15) is 4.79 Å². The predicted molar refractivity (Wildman–Crippen MR) is 79.7 cm³/mol. The van der Waals surface area contributed by atoms with E-state index in [2.05, 4.69) is 37.3 Å². The number of nitrogens with zero attached hydrogens (tertiary/aromatic N) is 4. The maximum atomic E-state index is 11.9. The smallest absolute Gasteiger partial charge is 0.222 e. The average molecular weight is 329 g/mol. The fraction of sp³-hybridized carbons (Fsp3) is 0.692. The second-order valence-corrected chi connectivity index (χ2v) is 5.47. The van der Waals surface area contributed by atoms with E-state index < -0.39 is 0 Å². The molecule has 0 radical (unpaired) electrons. The van der Waals surface area contributed by atoms with Crippen molar-refractivity contribution in [3.63, 3.8) is 0 Å². The van der Waals surface area contributed by atoms with Gasteiger partial charge in [-0.1, -0.05) is 15.9 Å². The van der Waals surface area contributed by atoms with Crippen molar-refractivity contribution in [1.82, 2.24) is 14.5 Å². The third kappa shape index (κ3) is 3.49. The van der Waals surface area contributed by atoms with Gasteiger partial charge in [-0.15, -0.1) is 0 Å². The van der Waals surface area contributed by atoms with Gasteiger partial charge in [0.1, 0.15) is 0 Å². The highest BCUT2D eigenvalue weighted by Crippen LogP contribution is 2.15. The van der Waals surface area contributed by atoms with Crippen molar-refractivity contribution < 1.29 is 4.79 Å². The summed E-state index contributed by atoms with van der Waals surface area (Å²) in [5.74, 6) is 1.30. The van der Waals surface area contributed by atoms with Crippen LogP contribution in [0.5, 0.6) is 0 Å². The Hall–Kier alpha value is -1.04. The SMILES string of the molecule is CCn1ccnc1N1CCN(C(=O)CCCBr)CC1. The molecule has 2 rings (SSSR count). The molecule has 1 saturated heterocycles. The van der Waals surface area contributed by atoms with Crippen LogP contribution in [0.3, 0.4) is 0 Å². The number of aryl methyl sites for hydroxylation is 1. The van der Waals surface area contributed by atoms with Crippen molar-refractivity contribution in [3.05, 3.63) is 12.4 Å². The molecule has 1 aliphatic rings.